The summed E-state index contributed by atoms with van der Waals surface area (Å²) in [5.41, 5.74) is 14.2. The van der Waals surface area contributed by atoms with E-state index in [4.69, 9.17) is 5.73 Å². The fourth-order valence-corrected chi connectivity index (χ4v) is 3.58. The smallest absolute Gasteiger partial charge is 0.0241 e. The fraction of sp³-hybridized carbons (Fsp3) is 0.364. The SMILES string of the molecule is CCC1C(C2=CCCCC2)=CC(/C=C/c2ccc(C)cc2)=C1N. The second kappa shape index (κ2) is 7.04. The largest absolute Gasteiger partial charge is 0.401 e. The van der Waals surface area contributed by atoms with Gasteiger partial charge in [0.05, 0.1) is 0 Å². The quantitative estimate of drug-likeness (QED) is 0.760. The second-order valence-corrected chi connectivity index (χ2v) is 6.69. The van der Waals surface area contributed by atoms with E-state index in [9.17, 15) is 0 Å². The average Bonchev–Trinajstić information content (AvgIpc) is 2.91. The minimum atomic E-state index is 0.400. The Kier molecular flexibility index (Phi) is 4.85. The first kappa shape index (κ1) is 15.9. The van der Waals surface area contributed by atoms with Crippen LogP contribution < -0.4 is 5.73 Å². The zero-order chi connectivity index (χ0) is 16.2. The van der Waals surface area contributed by atoms with E-state index in [0.29, 0.717) is 5.92 Å². The molecule has 1 aromatic carbocycles. The molecule has 0 radical (unpaired) electrons. The Bertz CT molecular complexity index is 683. The maximum atomic E-state index is 6.47. The molecule has 1 nitrogen and oxygen atoms in total. The van der Waals surface area contributed by atoms with Crippen LogP contribution in [0.25, 0.3) is 6.08 Å². The van der Waals surface area contributed by atoms with E-state index in [0.717, 1.165) is 12.1 Å². The fourth-order valence-electron chi connectivity index (χ4n) is 3.58. The van der Waals surface area contributed by atoms with E-state index in [2.05, 4.69) is 62.4 Å². The minimum Gasteiger partial charge on any atom is -0.401 e. The van der Waals surface area contributed by atoms with Gasteiger partial charge in [0.25, 0.3) is 0 Å². The molecule has 0 aromatic heterocycles. The van der Waals surface area contributed by atoms with Gasteiger partial charge in [-0.05, 0) is 67.4 Å². The molecule has 0 spiro atoms. The summed E-state index contributed by atoms with van der Waals surface area (Å²) in [6.07, 6.45) is 15.3. The molecule has 3 rings (SSSR count). The highest BCUT2D eigenvalue weighted by Gasteiger charge is 2.26. The molecule has 1 atom stereocenters. The van der Waals surface area contributed by atoms with Gasteiger partial charge in [-0.2, -0.15) is 0 Å². The molecular weight excluding hydrogens is 278 g/mol. The number of hydrogen-bond acceptors (Lipinski definition) is 1. The predicted octanol–water partition coefficient (Wildman–Crippen LogP) is 5.69. The van der Waals surface area contributed by atoms with Crippen molar-refractivity contribution in [3.63, 3.8) is 0 Å². The normalized spacial score (nSPS) is 21.7. The Morgan fingerprint density at radius 2 is 1.91 bits per heavy atom. The van der Waals surface area contributed by atoms with Gasteiger partial charge in [-0.15, -0.1) is 0 Å². The van der Waals surface area contributed by atoms with Crippen molar-refractivity contribution in [2.75, 3.05) is 0 Å². The van der Waals surface area contributed by atoms with Crippen molar-refractivity contribution in [2.24, 2.45) is 11.7 Å². The lowest BCUT2D eigenvalue weighted by molar-refractivity contribution is 0.651. The van der Waals surface area contributed by atoms with Crippen LogP contribution in [-0.4, -0.2) is 0 Å². The Labute approximate surface area is 140 Å². The Morgan fingerprint density at radius 3 is 2.57 bits per heavy atom. The molecule has 120 valence electrons. The molecule has 23 heavy (non-hydrogen) atoms. The van der Waals surface area contributed by atoms with Crippen molar-refractivity contribution < 1.29 is 0 Å². The van der Waals surface area contributed by atoms with Gasteiger partial charge in [-0.1, -0.05) is 55.0 Å². The summed E-state index contributed by atoms with van der Waals surface area (Å²) in [5, 5.41) is 0. The molecule has 1 unspecified atom stereocenters. The van der Waals surface area contributed by atoms with E-state index in [1.807, 2.05) is 0 Å². The molecule has 0 amide bonds. The molecule has 0 aliphatic heterocycles. The monoisotopic (exact) mass is 305 g/mol. The van der Waals surface area contributed by atoms with Gasteiger partial charge in [-0.3, -0.25) is 0 Å². The number of nitrogens with two attached hydrogens (primary N) is 1. The van der Waals surface area contributed by atoms with Gasteiger partial charge < -0.3 is 5.73 Å². The van der Waals surface area contributed by atoms with Crippen LogP contribution in [0.5, 0.6) is 0 Å². The minimum absolute atomic E-state index is 0.400. The van der Waals surface area contributed by atoms with E-state index >= 15 is 0 Å². The van der Waals surface area contributed by atoms with Crippen LogP contribution in [0.1, 0.15) is 50.2 Å². The Hall–Kier alpha value is -2.02. The maximum absolute atomic E-state index is 6.47. The number of aryl methyl sites for hydroxylation is 1. The molecule has 0 saturated heterocycles. The Balaban J connectivity index is 1.85. The molecule has 0 bridgehead atoms. The summed E-state index contributed by atoms with van der Waals surface area (Å²) in [6.45, 7) is 4.35. The zero-order valence-electron chi connectivity index (χ0n) is 14.3. The summed E-state index contributed by atoms with van der Waals surface area (Å²) in [5.74, 6) is 0.400. The summed E-state index contributed by atoms with van der Waals surface area (Å²) >= 11 is 0. The van der Waals surface area contributed by atoms with Crippen molar-refractivity contribution in [3.8, 4) is 0 Å². The topological polar surface area (TPSA) is 26.0 Å². The van der Waals surface area contributed by atoms with Crippen LogP contribution in [0.2, 0.25) is 0 Å². The van der Waals surface area contributed by atoms with Crippen LogP contribution in [-0.2, 0) is 0 Å². The lowest BCUT2D eigenvalue weighted by Gasteiger charge is -2.20. The summed E-state index contributed by atoms with van der Waals surface area (Å²) < 4.78 is 0. The molecule has 2 aliphatic carbocycles. The zero-order valence-corrected chi connectivity index (χ0v) is 14.3. The van der Waals surface area contributed by atoms with Gasteiger partial charge in [0.15, 0.2) is 0 Å². The Morgan fingerprint density at radius 1 is 1.13 bits per heavy atom. The first-order chi connectivity index (χ1) is 11.2. The summed E-state index contributed by atoms with van der Waals surface area (Å²) in [6, 6.07) is 8.61. The third-order valence-electron chi connectivity index (χ3n) is 5.00. The number of benzene rings is 1. The van der Waals surface area contributed by atoms with E-state index in [1.165, 1.54) is 53.5 Å². The van der Waals surface area contributed by atoms with Crippen molar-refractivity contribution in [1.29, 1.82) is 0 Å². The number of allylic oxidation sites excluding steroid dienone is 6. The predicted molar refractivity (Wildman–Crippen MR) is 99.8 cm³/mol. The van der Waals surface area contributed by atoms with Gasteiger partial charge in [-0.25, -0.2) is 0 Å². The molecular formula is C22H27N. The average molecular weight is 305 g/mol. The maximum Gasteiger partial charge on any atom is 0.0241 e. The molecule has 1 aromatic rings. The van der Waals surface area contributed by atoms with Crippen LogP contribution >= 0.6 is 0 Å². The standard InChI is InChI=1S/C22H27N/c1-3-20-21(18-7-5-4-6-8-18)15-19(22(20)23)14-13-17-11-9-16(2)10-12-17/h7,9-15,20H,3-6,8,23H2,1-2H3/b14-13+. The van der Waals surface area contributed by atoms with Gasteiger partial charge >= 0.3 is 0 Å². The van der Waals surface area contributed by atoms with E-state index < -0.39 is 0 Å². The number of hydrogen-bond donors (Lipinski definition) is 1. The van der Waals surface area contributed by atoms with Crippen LogP contribution in [0, 0.1) is 12.8 Å². The third-order valence-corrected chi connectivity index (χ3v) is 5.00. The molecule has 1 heteroatoms. The van der Waals surface area contributed by atoms with Crippen molar-refractivity contribution in [2.45, 2.75) is 46.0 Å². The van der Waals surface area contributed by atoms with Gasteiger partial charge in [0, 0.05) is 11.6 Å². The highest BCUT2D eigenvalue weighted by atomic mass is 14.6. The molecule has 0 fully saturated rings. The molecule has 0 heterocycles. The van der Waals surface area contributed by atoms with Crippen LogP contribution in [0.4, 0.5) is 0 Å². The third kappa shape index (κ3) is 3.50. The lowest BCUT2D eigenvalue weighted by Crippen LogP contribution is -2.12. The van der Waals surface area contributed by atoms with Crippen LogP contribution in [0.15, 0.2) is 64.9 Å². The summed E-state index contributed by atoms with van der Waals surface area (Å²) in [4.78, 5) is 0. The summed E-state index contributed by atoms with van der Waals surface area (Å²) in [7, 11) is 0. The molecule has 0 saturated carbocycles. The lowest BCUT2D eigenvalue weighted by atomic mass is 9.86. The van der Waals surface area contributed by atoms with Gasteiger partial charge in [0.1, 0.15) is 0 Å². The highest BCUT2D eigenvalue weighted by molar-refractivity contribution is 5.61. The molecule has 2 aliphatic rings. The first-order valence-corrected chi connectivity index (χ1v) is 8.84. The first-order valence-electron chi connectivity index (χ1n) is 8.84. The van der Waals surface area contributed by atoms with E-state index in [-0.39, 0.29) is 0 Å². The van der Waals surface area contributed by atoms with Crippen molar-refractivity contribution in [3.05, 3.63) is 76.0 Å². The van der Waals surface area contributed by atoms with Crippen molar-refractivity contribution >= 4 is 6.08 Å². The second-order valence-electron chi connectivity index (χ2n) is 6.69. The number of rotatable bonds is 4. The van der Waals surface area contributed by atoms with Crippen molar-refractivity contribution in [1.82, 2.24) is 0 Å². The highest BCUT2D eigenvalue weighted by Crippen LogP contribution is 2.39. The van der Waals surface area contributed by atoms with Gasteiger partial charge in [0.2, 0.25) is 0 Å². The van der Waals surface area contributed by atoms with Crippen LogP contribution in [0.3, 0.4) is 0 Å². The van der Waals surface area contributed by atoms with E-state index in [1.54, 1.807) is 0 Å². The molecule has 2 N–H and O–H groups in total.